The van der Waals surface area contributed by atoms with E-state index in [0.29, 0.717) is 0 Å². The number of hydrazine groups is 3. The Morgan fingerprint density at radius 3 is 3.30 bits per heavy atom. The lowest BCUT2D eigenvalue weighted by Crippen LogP contribution is -2.41. The van der Waals surface area contributed by atoms with Gasteiger partial charge < -0.3 is 0 Å². The Bertz CT molecular complexity index is 228. The van der Waals surface area contributed by atoms with E-state index in [9.17, 15) is 0 Å². The number of nitrogens with zero attached hydrogens (tertiary/aromatic N) is 3. The van der Waals surface area contributed by atoms with Crippen LogP contribution in [0.15, 0.2) is 29.3 Å². The van der Waals surface area contributed by atoms with Gasteiger partial charge in [0.1, 0.15) is 0 Å². The van der Waals surface area contributed by atoms with Gasteiger partial charge in [-0.3, -0.25) is 10.0 Å². The Morgan fingerprint density at radius 2 is 2.50 bits per heavy atom. The van der Waals surface area contributed by atoms with Crippen LogP contribution in [0.5, 0.6) is 0 Å². The van der Waals surface area contributed by atoms with E-state index < -0.39 is 0 Å². The maximum Gasteiger partial charge on any atom is 0.0963 e. The van der Waals surface area contributed by atoms with E-state index in [2.05, 4.69) is 10.5 Å². The minimum atomic E-state index is 0.935. The van der Waals surface area contributed by atoms with Gasteiger partial charge >= 0.3 is 0 Å². The predicted octanol–water partition coefficient (Wildman–Crippen LogP) is -0.706. The van der Waals surface area contributed by atoms with Gasteiger partial charge in [-0.25, -0.2) is 11.0 Å². The van der Waals surface area contributed by atoms with Crippen molar-refractivity contribution >= 4 is 6.21 Å². The summed E-state index contributed by atoms with van der Waals surface area (Å²) in [5.41, 5.74) is 3.76. The lowest BCUT2D eigenvalue weighted by Gasteiger charge is -2.17. The molecule has 3 N–H and O–H groups in total. The summed E-state index contributed by atoms with van der Waals surface area (Å²) in [5.74, 6) is 5.40. The molecule has 0 unspecified atom stereocenters. The summed E-state index contributed by atoms with van der Waals surface area (Å²) in [5, 5.41) is 3.14. The van der Waals surface area contributed by atoms with Crippen LogP contribution in [0.25, 0.3) is 0 Å². The summed E-state index contributed by atoms with van der Waals surface area (Å²) in [6, 6.07) is 0. The molecule has 2 aliphatic rings. The number of rotatable bonds is 0. The fraction of sp³-hybridized carbons (Fsp3) is 0. The second kappa shape index (κ2) is 1.83. The van der Waals surface area contributed by atoms with Crippen LogP contribution in [-0.4, -0.2) is 16.3 Å². The van der Waals surface area contributed by atoms with Crippen molar-refractivity contribution in [2.45, 2.75) is 0 Å². The normalized spacial score (nSPS) is 21.5. The van der Waals surface area contributed by atoms with E-state index in [1.165, 1.54) is 5.12 Å². The number of hydrogen-bond acceptors (Lipinski definition) is 5. The summed E-state index contributed by atoms with van der Waals surface area (Å²) < 4.78 is 0. The van der Waals surface area contributed by atoms with Crippen LogP contribution in [0.3, 0.4) is 0 Å². The van der Waals surface area contributed by atoms with Crippen molar-refractivity contribution in [2.75, 3.05) is 0 Å². The molecule has 5 heteroatoms. The molecular formula is C5H7N5. The molecule has 0 aromatic rings. The second-order valence-corrected chi connectivity index (χ2v) is 2.01. The summed E-state index contributed by atoms with van der Waals surface area (Å²) in [7, 11) is 0. The van der Waals surface area contributed by atoms with Gasteiger partial charge in [0, 0.05) is 12.4 Å². The Labute approximate surface area is 58.0 Å². The molecule has 0 aliphatic carbocycles. The van der Waals surface area contributed by atoms with Gasteiger partial charge in [0.05, 0.1) is 18.1 Å². The minimum absolute atomic E-state index is 0.935. The average molecular weight is 137 g/mol. The molecule has 0 aromatic carbocycles. The van der Waals surface area contributed by atoms with Crippen molar-refractivity contribution in [3.05, 3.63) is 24.3 Å². The predicted molar refractivity (Wildman–Crippen MR) is 36.7 cm³/mol. The lowest BCUT2D eigenvalue weighted by molar-refractivity contribution is 0.178. The highest BCUT2D eigenvalue weighted by Gasteiger charge is 2.15. The molecule has 0 saturated heterocycles. The first-order valence-corrected chi connectivity index (χ1v) is 2.87. The lowest BCUT2D eigenvalue weighted by atomic mass is 10.4. The Morgan fingerprint density at radius 1 is 1.60 bits per heavy atom. The first kappa shape index (κ1) is 5.45. The number of nitrogens with one attached hydrogen (secondary N) is 1. The highest BCUT2D eigenvalue weighted by molar-refractivity contribution is 5.79. The number of aliphatic imine (C=N–C) groups is 1. The number of nitrogens with two attached hydrogens (primary N) is 1. The highest BCUT2D eigenvalue weighted by atomic mass is 15.9. The molecule has 0 atom stereocenters. The molecule has 5 nitrogen and oxygen atoms in total. The van der Waals surface area contributed by atoms with Crippen LogP contribution in [0, 0.1) is 0 Å². The van der Waals surface area contributed by atoms with Gasteiger partial charge in [-0.15, -0.1) is 5.53 Å². The smallest absolute Gasteiger partial charge is 0.0963 e. The van der Waals surface area contributed by atoms with E-state index >= 15 is 0 Å². The monoisotopic (exact) mass is 137 g/mol. The van der Waals surface area contributed by atoms with Crippen molar-refractivity contribution in [2.24, 2.45) is 10.8 Å². The van der Waals surface area contributed by atoms with Crippen LogP contribution in [-0.2, 0) is 0 Å². The van der Waals surface area contributed by atoms with Crippen molar-refractivity contribution in [3.8, 4) is 0 Å². The van der Waals surface area contributed by atoms with E-state index in [4.69, 9.17) is 5.84 Å². The molecule has 10 heavy (non-hydrogen) atoms. The minimum Gasteiger partial charge on any atom is -0.261 e. The molecule has 0 amide bonds. The SMILES string of the molecule is NN1C=C2C=NC=CN2N1. The van der Waals surface area contributed by atoms with E-state index in [0.717, 1.165) is 5.70 Å². The Kier molecular flexibility index (Phi) is 0.996. The van der Waals surface area contributed by atoms with Gasteiger partial charge in [-0.1, -0.05) is 0 Å². The number of hydrogen-bond donors (Lipinski definition) is 2. The third kappa shape index (κ3) is 0.687. The third-order valence-electron chi connectivity index (χ3n) is 1.28. The van der Waals surface area contributed by atoms with Gasteiger partial charge in [0.25, 0.3) is 0 Å². The highest BCUT2D eigenvalue weighted by Crippen LogP contribution is 2.09. The summed E-state index contributed by atoms with van der Waals surface area (Å²) in [4.78, 5) is 3.92. The fourth-order valence-electron chi connectivity index (χ4n) is 0.855. The molecule has 0 bridgehead atoms. The van der Waals surface area contributed by atoms with E-state index in [-0.39, 0.29) is 0 Å². The summed E-state index contributed by atoms with van der Waals surface area (Å²) in [6.07, 6.45) is 6.94. The van der Waals surface area contributed by atoms with E-state index in [1.807, 2.05) is 0 Å². The van der Waals surface area contributed by atoms with Crippen LogP contribution >= 0.6 is 0 Å². The fourth-order valence-corrected chi connectivity index (χ4v) is 0.855. The third-order valence-corrected chi connectivity index (χ3v) is 1.28. The molecule has 2 heterocycles. The zero-order chi connectivity index (χ0) is 6.97. The van der Waals surface area contributed by atoms with Gasteiger partial charge in [0.15, 0.2) is 0 Å². The van der Waals surface area contributed by atoms with Gasteiger partial charge in [-0.05, 0) is 0 Å². The van der Waals surface area contributed by atoms with Crippen LogP contribution in [0.4, 0.5) is 0 Å². The molecule has 0 aromatic heterocycles. The standard InChI is InChI=1S/C5H7N5/c6-10-4-5-3-7-1-2-9(5)8-10/h1-4,8H,6H2. The summed E-state index contributed by atoms with van der Waals surface area (Å²) >= 11 is 0. The van der Waals surface area contributed by atoms with Gasteiger partial charge in [0.2, 0.25) is 0 Å². The molecular weight excluding hydrogens is 130 g/mol. The molecule has 0 saturated carbocycles. The number of allylic oxidation sites excluding steroid dienone is 1. The topological polar surface area (TPSA) is 56.9 Å². The zero-order valence-electron chi connectivity index (χ0n) is 5.23. The molecule has 2 rings (SSSR count). The molecule has 52 valence electrons. The maximum atomic E-state index is 5.40. The second-order valence-electron chi connectivity index (χ2n) is 2.01. The molecule has 2 aliphatic heterocycles. The van der Waals surface area contributed by atoms with Crippen molar-refractivity contribution in [3.63, 3.8) is 0 Å². The van der Waals surface area contributed by atoms with E-state index in [1.54, 1.807) is 29.8 Å². The van der Waals surface area contributed by atoms with Crippen molar-refractivity contribution in [1.82, 2.24) is 15.7 Å². The van der Waals surface area contributed by atoms with Gasteiger partial charge in [-0.2, -0.15) is 0 Å². The molecule has 0 radical (unpaired) electrons. The summed E-state index contributed by atoms with van der Waals surface area (Å²) in [6.45, 7) is 0. The average Bonchev–Trinajstić information content (AvgIpc) is 2.27. The maximum absolute atomic E-state index is 5.40. The number of fused-ring (bicyclic) bond motifs is 1. The molecule has 0 spiro atoms. The molecule has 0 fully saturated rings. The largest absolute Gasteiger partial charge is 0.261 e. The first-order chi connectivity index (χ1) is 4.86. The quantitative estimate of drug-likeness (QED) is 0.433. The van der Waals surface area contributed by atoms with Crippen molar-refractivity contribution in [1.29, 1.82) is 0 Å². The Hall–Kier alpha value is -1.33. The van der Waals surface area contributed by atoms with Crippen LogP contribution in [0.1, 0.15) is 0 Å². The Balaban J connectivity index is 2.29. The zero-order valence-corrected chi connectivity index (χ0v) is 5.23. The van der Waals surface area contributed by atoms with Crippen molar-refractivity contribution < 1.29 is 0 Å². The first-order valence-electron chi connectivity index (χ1n) is 2.87. The van der Waals surface area contributed by atoms with Crippen LogP contribution in [0.2, 0.25) is 0 Å². The van der Waals surface area contributed by atoms with Crippen LogP contribution < -0.4 is 11.4 Å².